The van der Waals surface area contributed by atoms with Crippen LogP contribution in [-0.4, -0.2) is 6.54 Å². The lowest BCUT2D eigenvalue weighted by Gasteiger charge is -1.74. The molecular weight excluding hydrogens is 82.0 g/mol. The summed E-state index contributed by atoms with van der Waals surface area (Å²) in [5.74, 6) is 0. The highest BCUT2D eigenvalue weighted by molar-refractivity contribution is 4.70. The van der Waals surface area contributed by atoms with Crippen LogP contribution in [0.3, 0.4) is 0 Å². The number of hydrogen-bond acceptors (Lipinski definition) is 3. The zero-order valence-corrected chi connectivity index (χ0v) is 3.01. The van der Waals surface area contributed by atoms with Crippen molar-refractivity contribution in [2.24, 2.45) is 5.29 Å². The number of nitroso groups, excluding NO2 is 1. The highest BCUT2D eigenvalue weighted by Gasteiger charge is 1.68. The molecule has 0 aliphatic rings. The first-order valence-electron chi connectivity index (χ1n) is 1.34. The first kappa shape index (κ1) is 4.89. The lowest BCUT2D eigenvalue weighted by molar-refractivity contribution is 0.823. The van der Waals surface area contributed by atoms with Gasteiger partial charge in [-0.2, -0.15) is 5.26 Å². The van der Waals surface area contributed by atoms with Crippen LogP contribution in [-0.2, 0) is 0 Å². The van der Waals surface area contributed by atoms with Gasteiger partial charge in [-0.05, 0) is 0 Å². The molecule has 0 aromatic heterocycles. The van der Waals surface area contributed by atoms with Gasteiger partial charge in [0.05, 0.1) is 11.4 Å². The quantitative estimate of drug-likeness (QED) is 0.218. The van der Waals surface area contributed by atoms with Crippen LogP contribution in [0.1, 0.15) is 0 Å². The molecule has 0 bridgehead atoms. The van der Waals surface area contributed by atoms with Crippen molar-refractivity contribution in [1.29, 1.82) is 5.26 Å². The third-order valence-corrected chi connectivity index (χ3v) is 0.223. The fraction of sp³-hybridized carbons (Fsp3) is 0.500. The van der Waals surface area contributed by atoms with Gasteiger partial charge in [-0.1, -0.05) is 0 Å². The minimum Gasteiger partial charge on any atom is -0.260 e. The number of nitrogens with one attached hydrogen (secondary N) is 1. The topological polar surface area (TPSA) is 65.2 Å². The van der Waals surface area contributed by atoms with Crippen molar-refractivity contribution in [3.8, 4) is 6.07 Å². The maximum absolute atomic E-state index is 9.05. The van der Waals surface area contributed by atoms with Crippen LogP contribution in [0.2, 0.25) is 0 Å². The Morgan fingerprint density at radius 1 is 2.00 bits per heavy atom. The van der Waals surface area contributed by atoms with Gasteiger partial charge in [0.15, 0.2) is 0 Å². The van der Waals surface area contributed by atoms with E-state index in [0.717, 1.165) is 0 Å². The lowest BCUT2D eigenvalue weighted by Crippen LogP contribution is -2.01. The Bertz CT molecular complexity index is 73.4. The standard InChI is InChI=1S/C2H3N3O/c3-1-2-4-5-6/h2H2,(H,4,6). The summed E-state index contributed by atoms with van der Waals surface area (Å²) < 4.78 is 0. The van der Waals surface area contributed by atoms with Crippen LogP contribution in [0.15, 0.2) is 5.29 Å². The Morgan fingerprint density at radius 2 is 2.67 bits per heavy atom. The predicted octanol–water partition coefficient (Wildman–Crippen LogP) is -0.219. The molecule has 0 aromatic carbocycles. The van der Waals surface area contributed by atoms with Gasteiger partial charge in [0, 0.05) is 0 Å². The van der Waals surface area contributed by atoms with Crippen LogP contribution in [0.4, 0.5) is 0 Å². The molecule has 0 aliphatic carbocycles. The van der Waals surface area contributed by atoms with Crippen molar-refractivity contribution in [1.82, 2.24) is 5.43 Å². The van der Waals surface area contributed by atoms with Gasteiger partial charge in [-0.25, -0.2) is 0 Å². The number of hydrogen-bond donors (Lipinski definition) is 1. The maximum atomic E-state index is 9.05. The van der Waals surface area contributed by atoms with Gasteiger partial charge in [0.2, 0.25) is 0 Å². The van der Waals surface area contributed by atoms with E-state index in [9.17, 15) is 0 Å². The summed E-state index contributed by atoms with van der Waals surface area (Å²) in [6.45, 7) is -0.0104. The third-order valence-electron chi connectivity index (χ3n) is 0.223. The smallest absolute Gasteiger partial charge is 0.123 e. The minimum absolute atomic E-state index is 0.0104. The van der Waals surface area contributed by atoms with E-state index in [1.54, 1.807) is 6.07 Å². The Kier molecular flexibility index (Phi) is 3.17. The van der Waals surface area contributed by atoms with Gasteiger partial charge in [0.1, 0.15) is 6.54 Å². The summed E-state index contributed by atoms with van der Waals surface area (Å²) in [5, 5.41) is 9.89. The predicted molar refractivity (Wildman–Crippen MR) is 19.4 cm³/mol. The summed E-state index contributed by atoms with van der Waals surface area (Å²) in [5.41, 5.74) is 1.91. The summed E-state index contributed by atoms with van der Waals surface area (Å²) >= 11 is 0. The van der Waals surface area contributed by atoms with Crippen molar-refractivity contribution in [2.75, 3.05) is 6.54 Å². The second-order valence-corrected chi connectivity index (χ2v) is 0.584. The molecule has 0 unspecified atom stereocenters. The van der Waals surface area contributed by atoms with Crippen LogP contribution in [0, 0.1) is 16.2 Å². The van der Waals surface area contributed by atoms with Gasteiger partial charge in [-0.15, -0.1) is 4.91 Å². The van der Waals surface area contributed by atoms with Gasteiger partial charge in [0.25, 0.3) is 0 Å². The maximum Gasteiger partial charge on any atom is 0.123 e. The first-order valence-corrected chi connectivity index (χ1v) is 1.34. The molecule has 0 spiro atoms. The zero-order chi connectivity index (χ0) is 4.83. The van der Waals surface area contributed by atoms with E-state index in [2.05, 4.69) is 5.29 Å². The molecule has 1 N–H and O–H groups in total. The molecular formula is C2H3N3O. The molecule has 32 valence electrons. The van der Waals surface area contributed by atoms with Crippen LogP contribution >= 0.6 is 0 Å². The Hall–Kier alpha value is -1.11. The normalized spacial score (nSPS) is 5.83. The van der Waals surface area contributed by atoms with Gasteiger partial charge in [-0.3, -0.25) is 5.43 Å². The average Bonchev–Trinajstić information content (AvgIpc) is 1.61. The molecule has 0 rings (SSSR count). The van der Waals surface area contributed by atoms with Crippen LogP contribution in [0.25, 0.3) is 0 Å². The zero-order valence-electron chi connectivity index (χ0n) is 3.01. The first-order chi connectivity index (χ1) is 2.91. The molecule has 0 heterocycles. The Morgan fingerprint density at radius 3 is 2.83 bits per heavy atom. The summed E-state index contributed by atoms with van der Waals surface area (Å²) in [6.07, 6.45) is 0. The molecule has 0 atom stereocenters. The van der Waals surface area contributed by atoms with E-state index in [0.29, 0.717) is 0 Å². The van der Waals surface area contributed by atoms with Gasteiger partial charge < -0.3 is 0 Å². The molecule has 4 nitrogen and oxygen atoms in total. The molecule has 0 saturated heterocycles. The molecule has 4 heteroatoms. The Balaban J connectivity index is 2.72. The van der Waals surface area contributed by atoms with Crippen molar-refractivity contribution >= 4 is 0 Å². The van der Waals surface area contributed by atoms with E-state index in [4.69, 9.17) is 10.2 Å². The highest BCUT2D eigenvalue weighted by atomic mass is 16.3. The Labute approximate surface area is 34.7 Å². The number of rotatable bonds is 2. The van der Waals surface area contributed by atoms with E-state index in [1.807, 2.05) is 5.43 Å². The fourth-order valence-electron chi connectivity index (χ4n) is 0.0676. The monoisotopic (exact) mass is 85.0 g/mol. The average molecular weight is 85.1 g/mol. The third kappa shape index (κ3) is 2.89. The summed E-state index contributed by atoms with van der Waals surface area (Å²) in [4.78, 5) is 9.05. The fourth-order valence-corrected chi connectivity index (χ4v) is 0.0676. The van der Waals surface area contributed by atoms with Gasteiger partial charge >= 0.3 is 0 Å². The number of nitrogens with zero attached hydrogens (tertiary/aromatic N) is 2. The van der Waals surface area contributed by atoms with E-state index in [-0.39, 0.29) is 6.54 Å². The molecule has 0 radical (unpaired) electrons. The second kappa shape index (κ2) is 3.89. The van der Waals surface area contributed by atoms with Crippen molar-refractivity contribution in [3.05, 3.63) is 4.91 Å². The van der Waals surface area contributed by atoms with E-state index in [1.165, 1.54) is 0 Å². The lowest BCUT2D eigenvalue weighted by atomic mass is 10.8. The largest absolute Gasteiger partial charge is 0.260 e. The SMILES string of the molecule is N#CCNN=O. The summed E-state index contributed by atoms with van der Waals surface area (Å²) in [7, 11) is 0. The molecule has 0 aliphatic heterocycles. The minimum atomic E-state index is -0.0104. The van der Waals surface area contributed by atoms with E-state index >= 15 is 0 Å². The van der Waals surface area contributed by atoms with E-state index < -0.39 is 0 Å². The summed E-state index contributed by atoms with van der Waals surface area (Å²) in [6, 6.07) is 1.66. The van der Waals surface area contributed by atoms with Crippen LogP contribution < -0.4 is 5.43 Å². The second-order valence-electron chi connectivity index (χ2n) is 0.584. The van der Waals surface area contributed by atoms with Crippen molar-refractivity contribution in [2.45, 2.75) is 0 Å². The highest BCUT2D eigenvalue weighted by Crippen LogP contribution is 1.48. The molecule has 6 heavy (non-hydrogen) atoms. The van der Waals surface area contributed by atoms with Crippen LogP contribution in [0.5, 0.6) is 0 Å². The van der Waals surface area contributed by atoms with Crippen molar-refractivity contribution < 1.29 is 0 Å². The number of nitriles is 1. The molecule has 0 amide bonds. The molecule has 0 fully saturated rings. The molecule has 0 saturated carbocycles. The van der Waals surface area contributed by atoms with Crippen molar-refractivity contribution in [3.63, 3.8) is 0 Å². The molecule has 0 aromatic rings.